The monoisotopic (exact) mass is 312 g/mol. The van der Waals surface area contributed by atoms with Gasteiger partial charge in [0.1, 0.15) is 17.3 Å². The summed E-state index contributed by atoms with van der Waals surface area (Å²) in [5.41, 5.74) is 5.90. The van der Waals surface area contributed by atoms with E-state index in [1.54, 1.807) is 10.3 Å². The molecule has 1 saturated heterocycles. The van der Waals surface area contributed by atoms with Crippen LogP contribution in [0.5, 0.6) is 0 Å². The minimum absolute atomic E-state index is 0.00522. The standard InChI is InChI=1S/C13H20N4O3S/c1-20-7-12(18)17-4-2-9(3-5-17)15-13(19)10-8-21-11(6-14)16-10/h8-9H,2-7,14H2,1H3,(H,15,19). The number of amides is 2. The average molecular weight is 312 g/mol. The van der Waals surface area contributed by atoms with Crippen molar-refractivity contribution in [2.45, 2.75) is 25.4 Å². The van der Waals surface area contributed by atoms with Crippen LogP contribution in [-0.4, -0.2) is 54.5 Å². The van der Waals surface area contributed by atoms with Crippen molar-refractivity contribution in [1.82, 2.24) is 15.2 Å². The maximum Gasteiger partial charge on any atom is 0.270 e. The van der Waals surface area contributed by atoms with Crippen LogP contribution in [0.2, 0.25) is 0 Å². The Labute approximate surface area is 127 Å². The zero-order valence-electron chi connectivity index (χ0n) is 12.0. The Morgan fingerprint density at radius 2 is 2.24 bits per heavy atom. The van der Waals surface area contributed by atoms with E-state index in [-0.39, 0.29) is 24.5 Å². The van der Waals surface area contributed by atoms with Crippen LogP contribution >= 0.6 is 11.3 Å². The SMILES string of the molecule is COCC(=O)N1CCC(NC(=O)c2csc(CN)n2)CC1. The molecule has 0 saturated carbocycles. The lowest BCUT2D eigenvalue weighted by atomic mass is 10.0. The number of nitrogens with one attached hydrogen (secondary N) is 1. The van der Waals surface area contributed by atoms with Gasteiger partial charge in [0.25, 0.3) is 5.91 Å². The first-order valence-corrected chi connectivity index (χ1v) is 7.74. The van der Waals surface area contributed by atoms with Crippen LogP contribution in [0.1, 0.15) is 28.3 Å². The Hall–Kier alpha value is -1.51. The van der Waals surface area contributed by atoms with Gasteiger partial charge in [-0.2, -0.15) is 0 Å². The molecule has 2 amide bonds. The van der Waals surface area contributed by atoms with E-state index in [9.17, 15) is 9.59 Å². The Morgan fingerprint density at radius 1 is 1.52 bits per heavy atom. The number of carbonyl (C=O) groups excluding carboxylic acids is 2. The van der Waals surface area contributed by atoms with E-state index >= 15 is 0 Å². The molecule has 2 rings (SSSR count). The van der Waals surface area contributed by atoms with E-state index in [4.69, 9.17) is 10.5 Å². The molecule has 2 heterocycles. The molecular weight excluding hydrogens is 292 g/mol. The van der Waals surface area contributed by atoms with Crippen molar-refractivity contribution in [2.75, 3.05) is 26.8 Å². The third-order valence-electron chi connectivity index (χ3n) is 3.41. The summed E-state index contributed by atoms with van der Waals surface area (Å²) in [6.45, 7) is 1.73. The van der Waals surface area contributed by atoms with Gasteiger partial charge in [-0.25, -0.2) is 4.98 Å². The predicted octanol–water partition coefficient (Wildman–Crippen LogP) is -0.0310. The number of hydrogen-bond acceptors (Lipinski definition) is 6. The number of methoxy groups -OCH3 is 1. The zero-order valence-corrected chi connectivity index (χ0v) is 12.8. The molecule has 116 valence electrons. The number of likely N-dealkylation sites (tertiary alicyclic amines) is 1. The van der Waals surface area contributed by atoms with Gasteiger partial charge in [-0.05, 0) is 12.8 Å². The van der Waals surface area contributed by atoms with Gasteiger partial charge in [-0.15, -0.1) is 11.3 Å². The van der Waals surface area contributed by atoms with Crippen molar-refractivity contribution < 1.29 is 14.3 Å². The lowest BCUT2D eigenvalue weighted by Gasteiger charge is -2.32. The largest absolute Gasteiger partial charge is 0.375 e. The second kappa shape index (κ2) is 7.48. The number of aromatic nitrogens is 1. The maximum absolute atomic E-state index is 12.1. The van der Waals surface area contributed by atoms with Crippen molar-refractivity contribution in [3.8, 4) is 0 Å². The summed E-state index contributed by atoms with van der Waals surface area (Å²) in [6, 6.07) is 0.0760. The molecular formula is C13H20N4O3S. The second-order valence-corrected chi connectivity index (χ2v) is 5.83. The fourth-order valence-corrected chi connectivity index (χ4v) is 2.91. The molecule has 1 aromatic rings. The Morgan fingerprint density at radius 3 is 2.81 bits per heavy atom. The summed E-state index contributed by atoms with van der Waals surface area (Å²) in [4.78, 5) is 29.7. The summed E-state index contributed by atoms with van der Waals surface area (Å²) in [7, 11) is 1.51. The molecule has 0 radical (unpaired) electrons. The molecule has 1 aliphatic rings. The van der Waals surface area contributed by atoms with Gasteiger partial charge in [-0.1, -0.05) is 0 Å². The summed E-state index contributed by atoms with van der Waals surface area (Å²) in [5, 5.41) is 5.43. The number of rotatable bonds is 5. The topological polar surface area (TPSA) is 97.5 Å². The molecule has 1 aromatic heterocycles. The highest BCUT2D eigenvalue weighted by molar-refractivity contribution is 7.09. The van der Waals surface area contributed by atoms with Crippen molar-refractivity contribution >= 4 is 23.2 Å². The molecule has 8 heteroatoms. The van der Waals surface area contributed by atoms with Crippen LogP contribution in [-0.2, 0) is 16.1 Å². The predicted molar refractivity (Wildman–Crippen MR) is 78.9 cm³/mol. The van der Waals surface area contributed by atoms with Gasteiger partial charge in [0.2, 0.25) is 5.91 Å². The zero-order chi connectivity index (χ0) is 15.2. The number of carbonyl (C=O) groups is 2. The van der Waals surface area contributed by atoms with Gasteiger partial charge in [0, 0.05) is 38.2 Å². The second-order valence-electron chi connectivity index (χ2n) is 4.89. The molecule has 0 aromatic carbocycles. The van der Waals surface area contributed by atoms with Gasteiger partial charge >= 0.3 is 0 Å². The highest BCUT2D eigenvalue weighted by Crippen LogP contribution is 2.13. The fraction of sp³-hybridized carbons (Fsp3) is 0.615. The smallest absolute Gasteiger partial charge is 0.270 e. The van der Waals surface area contributed by atoms with E-state index in [1.807, 2.05) is 0 Å². The molecule has 0 aliphatic carbocycles. The molecule has 3 N–H and O–H groups in total. The Kier molecular flexibility index (Phi) is 5.66. The van der Waals surface area contributed by atoms with E-state index in [0.717, 1.165) is 17.8 Å². The first kappa shape index (κ1) is 15.9. The molecule has 1 fully saturated rings. The molecule has 0 spiro atoms. The van der Waals surface area contributed by atoms with Gasteiger partial charge in [-0.3, -0.25) is 9.59 Å². The Balaban J connectivity index is 1.80. The number of thiazole rings is 1. The quantitative estimate of drug-likeness (QED) is 0.795. The van der Waals surface area contributed by atoms with Gasteiger partial charge < -0.3 is 20.7 Å². The molecule has 0 unspecified atom stereocenters. The molecule has 0 bridgehead atoms. The van der Waals surface area contributed by atoms with Crippen LogP contribution in [0.15, 0.2) is 5.38 Å². The van der Waals surface area contributed by atoms with Crippen LogP contribution < -0.4 is 11.1 Å². The summed E-state index contributed by atoms with van der Waals surface area (Å²) in [6.07, 6.45) is 1.49. The van der Waals surface area contributed by atoms with Gasteiger partial charge in [0.15, 0.2) is 0 Å². The van der Waals surface area contributed by atoms with Crippen molar-refractivity contribution in [3.63, 3.8) is 0 Å². The highest BCUT2D eigenvalue weighted by atomic mass is 32.1. The summed E-state index contributed by atoms with van der Waals surface area (Å²) < 4.78 is 4.84. The molecule has 21 heavy (non-hydrogen) atoms. The van der Waals surface area contributed by atoms with E-state index in [0.29, 0.717) is 25.3 Å². The maximum atomic E-state index is 12.1. The average Bonchev–Trinajstić information content (AvgIpc) is 2.97. The lowest BCUT2D eigenvalue weighted by molar-refractivity contribution is -0.136. The number of piperidine rings is 1. The van der Waals surface area contributed by atoms with Crippen LogP contribution in [0.4, 0.5) is 0 Å². The molecule has 1 aliphatic heterocycles. The van der Waals surface area contributed by atoms with Crippen molar-refractivity contribution in [1.29, 1.82) is 0 Å². The fourth-order valence-electron chi connectivity index (χ4n) is 2.26. The normalized spacial score (nSPS) is 16.0. The van der Waals surface area contributed by atoms with E-state index in [2.05, 4.69) is 10.3 Å². The summed E-state index contributed by atoms with van der Waals surface area (Å²) >= 11 is 1.39. The van der Waals surface area contributed by atoms with Crippen molar-refractivity contribution in [3.05, 3.63) is 16.1 Å². The van der Waals surface area contributed by atoms with Crippen LogP contribution in [0, 0.1) is 0 Å². The number of hydrogen-bond donors (Lipinski definition) is 2. The first-order valence-electron chi connectivity index (χ1n) is 6.86. The van der Waals surface area contributed by atoms with Crippen LogP contribution in [0.25, 0.3) is 0 Å². The first-order chi connectivity index (χ1) is 10.1. The van der Waals surface area contributed by atoms with Gasteiger partial charge in [0.05, 0.1) is 0 Å². The van der Waals surface area contributed by atoms with E-state index < -0.39 is 0 Å². The number of nitrogens with two attached hydrogens (primary N) is 1. The minimum Gasteiger partial charge on any atom is -0.375 e. The highest BCUT2D eigenvalue weighted by Gasteiger charge is 2.24. The lowest BCUT2D eigenvalue weighted by Crippen LogP contribution is -2.47. The van der Waals surface area contributed by atoms with E-state index in [1.165, 1.54) is 18.4 Å². The van der Waals surface area contributed by atoms with Crippen LogP contribution in [0.3, 0.4) is 0 Å². The summed E-state index contributed by atoms with van der Waals surface area (Å²) in [5.74, 6) is -0.179. The molecule has 0 atom stereocenters. The minimum atomic E-state index is -0.174. The number of nitrogens with zero attached hydrogens (tertiary/aromatic N) is 2. The Bertz CT molecular complexity index is 497. The third-order valence-corrected chi connectivity index (χ3v) is 4.28. The third kappa shape index (κ3) is 4.23. The molecule has 7 nitrogen and oxygen atoms in total. The van der Waals surface area contributed by atoms with Crippen molar-refractivity contribution in [2.24, 2.45) is 5.73 Å². The number of ether oxygens (including phenoxy) is 1.